The van der Waals surface area contributed by atoms with Gasteiger partial charge in [0.15, 0.2) is 0 Å². The van der Waals surface area contributed by atoms with Gasteiger partial charge in [0.2, 0.25) is 11.8 Å². The van der Waals surface area contributed by atoms with Crippen molar-refractivity contribution in [3.63, 3.8) is 0 Å². The molecule has 5 nitrogen and oxygen atoms in total. The Morgan fingerprint density at radius 1 is 1.33 bits per heavy atom. The lowest BCUT2D eigenvalue weighted by molar-refractivity contribution is -0.138. The third-order valence-electron chi connectivity index (χ3n) is 4.13. The van der Waals surface area contributed by atoms with Crippen LogP contribution in [0.3, 0.4) is 0 Å². The minimum Gasteiger partial charge on any atom is -0.356 e. The van der Waals surface area contributed by atoms with Crippen LogP contribution in [-0.4, -0.2) is 41.9 Å². The predicted octanol–water partition coefficient (Wildman–Crippen LogP) is 1.66. The van der Waals surface area contributed by atoms with Gasteiger partial charge in [-0.3, -0.25) is 9.59 Å². The normalized spacial score (nSPS) is 21.7. The van der Waals surface area contributed by atoms with Gasteiger partial charge >= 0.3 is 0 Å². The first-order chi connectivity index (χ1) is 9.90. The summed E-state index contributed by atoms with van der Waals surface area (Å²) >= 11 is 0. The molecule has 1 aliphatic rings. The monoisotopic (exact) mass is 297 g/mol. The van der Waals surface area contributed by atoms with Crippen LogP contribution in [0.25, 0.3) is 0 Å². The SMILES string of the molecule is CCCC(=O)NCC1CCCN(C(=O)C(C)(N)CCC)C1. The lowest BCUT2D eigenvalue weighted by atomic mass is 9.92. The van der Waals surface area contributed by atoms with E-state index >= 15 is 0 Å². The lowest BCUT2D eigenvalue weighted by Gasteiger charge is -2.37. The average Bonchev–Trinajstić information content (AvgIpc) is 2.45. The number of carbonyl (C=O) groups excluding carboxylic acids is 2. The van der Waals surface area contributed by atoms with Gasteiger partial charge in [-0.05, 0) is 38.5 Å². The molecule has 0 aliphatic carbocycles. The Morgan fingerprint density at radius 2 is 2.05 bits per heavy atom. The molecule has 2 atom stereocenters. The molecule has 122 valence electrons. The van der Waals surface area contributed by atoms with Gasteiger partial charge in [-0.2, -0.15) is 0 Å². The van der Waals surface area contributed by atoms with Gasteiger partial charge in [0.1, 0.15) is 0 Å². The second-order valence-electron chi connectivity index (χ2n) is 6.48. The molecule has 1 saturated heterocycles. The van der Waals surface area contributed by atoms with E-state index in [1.54, 1.807) is 0 Å². The number of nitrogens with two attached hydrogens (primary N) is 1. The summed E-state index contributed by atoms with van der Waals surface area (Å²) in [5.74, 6) is 0.505. The van der Waals surface area contributed by atoms with Crippen molar-refractivity contribution < 1.29 is 9.59 Å². The highest BCUT2D eigenvalue weighted by atomic mass is 16.2. The van der Waals surface area contributed by atoms with Crippen molar-refractivity contribution in [3.05, 3.63) is 0 Å². The highest BCUT2D eigenvalue weighted by Gasteiger charge is 2.34. The van der Waals surface area contributed by atoms with Crippen LogP contribution in [0.4, 0.5) is 0 Å². The molecule has 0 aromatic carbocycles. The third-order valence-corrected chi connectivity index (χ3v) is 4.13. The molecule has 0 saturated carbocycles. The maximum absolute atomic E-state index is 12.5. The number of likely N-dealkylation sites (tertiary alicyclic amines) is 1. The maximum atomic E-state index is 12.5. The molecule has 21 heavy (non-hydrogen) atoms. The van der Waals surface area contributed by atoms with Crippen molar-refractivity contribution in [1.29, 1.82) is 0 Å². The zero-order valence-electron chi connectivity index (χ0n) is 13.8. The first-order valence-electron chi connectivity index (χ1n) is 8.25. The highest BCUT2D eigenvalue weighted by Crippen LogP contribution is 2.20. The predicted molar refractivity (Wildman–Crippen MR) is 84.7 cm³/mol. The number of carbonyl (C=O) groups is 2. The number of hydrogen-bond donors (Lipinski definition) is 2. The number of hydrogen-bond acceptors (Lipinski definition) is 3. The highest BCUT2D eigenvalue weighted by molar-refractivity contribution is 5.85. The molecule has 2 unspecified atom stereocenters. The molecule has 0 radical (unpaired) electrons. The van der Waals surface area contributed by atoms with Crippen molar-refractivity contribution in [2.24, 2.45) is 11.7 Å². The van der Waals surface area contributed by atoms with Crippen molar-refractivity contribution >= 4 is 11.8 Å². The number of piperidine rings is 1. The van der Waals surface area contributed by atoms with E-state index < -0.39 is 5.54 Å². The van der Waals surface area contributed by atoms with E-state index in [1.165, 1.54) is 0 Å². The average molecular weight is 297 g/mol. The zero-order valence-corrected chi connectivity index (χ0v) is 13.8. The van der Waals surface area contributed by atoms with Crippen LogP contribution in [0, 0.1) is 5.92 Å². The van der Waals surface area contributed by atoms with Gasteiger partial charge in [-0.15, -0.1) is 0 Å². The van der Waals surface area contributed by atoms with E-state index in [-0.39, 0.29) is 11.8 Å². The van der Waals surface area contributed by atoms with E-state index in [0.717, 1.165) is 32.2 Å². The second-order valence-corrected chi connectivity index (χ2v) is 6.48. The van der Waals surface area contributed by atoms with Gasteiger partial charge in [0.25, 0.3) is 0 Å². The molecule has 0 spiro atoms. The fourth-order valence-electron chi connectivity index (χ4n) is 2.98. The Morgan fingerprint density at radius 3 is 2.67 bits per heavy atom. The Balaban J connectivity index is 2.48. The van der Waals surface area contributed by atoms with Crippen LogP contribution < -0.4 is 11.1 Å². The number of nitrogens with zero attached hydrogens (tertiary/aromatic N) is 1. The van der Waals surface area contributed by atoms with Crippen LogP contribution in [0.1, 0.15) is 59.3 Å². The molecule has 1 rings (SSSR count). The smallest absolute Gasteiger partial charge is 0.242 e. The molecule has 5 heteroatoms. The minimum absolute atomic E-state index is 0.0499. The van der Waals surface area contributed by atoms with E-state index in [2.05, 4.69) is 5.32 Å². The van der Waals surface area contributed by atoms with Gasteiger partial charge in [0, 0.05) is 26.1 Å². The first-order valence-corrected chi connectivity index (χ1v) is 8.25. The Kier molecular flexibility index (Phi) is 7.15. The maximum Gasteiger partial charge on any atom is 0.242 e. The van der Waals surface area contributed by atoms with Crippen LogP contribution in [0.15, 0.2) is 0 Å². The molecule has 1 heterocycles. The van der Waals surface area contributed by atoms with Crippen LogP contribution in [0.5, 0.6) is 0 Å². The summed E-state index contributed by atoms with van der Waals surface area (Å²) in [4.78, 5) is 25.9. The number of amides is 2. The number of nitrogens with one attached hydrogen (secondary N) is 1. The van der Waals surface area contributed by atoms with Crippen molar-refractivity contribution in [1.82, 2.24) is 10.2 Å². The molecule has 2 amide bonds. The van der Waals surface area contributed by atoms with E-state index in [9.17, 15) is 9.59 Å². The van der Waals surface area contributed by atoms with Crippen molar-refractivity contribution in [2.75, 3.05) is 19.6 Å². The third kappa shape index (κ3) is 5.65. The molecular weight excluding hydrogens is 266 g/mol. The zero-order chi connectivity index (χ0) is 15.9. The molecule has 0 aromatic rings. The molecule has 0 bridgehead atoms. The van der Waals surface area contributed by atoms with Crippen molar-refractivity contribution in [2.45, 2.75) is 64.8 Å². The van der Waals surface area contributed by atoms with E-state index in [1.807, 2.05) is 25.7 Å². The Hall–Kier alpha value is -1.10. The van der Waals surface area contributed by atoms with E-state index in [4.69, 9.17) is 5.73 Å². The minimum atomic E-state index is -0.762. The summed E-state index contributed by atoms with van der Waals surface area (Å²) in [5.41, 5.74) is 5.39. The molecule has 3 N–H and O–H groups in total. The summed E-state index contributed by atoms with van der Waals surface area (Å²) in [6.07, 6.45) is 5.10. The van der Waals surface area contributed by atoms with Gasteiger partial charge in [0.05, 0.1) is 5.54 Å². The molecule has 0 aromatic heterocycles. The van der Waals surface area contributed by atoms with Gasteiger partial charge < -0.3 is 16.0 Å². The topological polar surface area (TPSA) is 75.4 Å². The van der Waals surface area contributed by atoms with Gasteiger partial charge in [-0.25, -0.2) is 0 Å². The summed E-state index contributed by atoms with van der Waals surface area (Å²) < 4.78 is 0. The van der Waals surface area contributed by atoms with Crippen LogP contribution in [0.2, 0.25) is 0 Å². The lowest BCUT2D eigenvalue weighted by Crippen LogP contribution is -2.56. The second kappa shape index (κ2) is 8.37. The van der Waals surface area contributed by atoms with E-state index in [0.29, 0.717) is 31.8 Å². The molecule has 1 fully saturated rings. The van der Waals surface area contributed by atoms with Crippen LogP contribution in [-0.2, 0) is 9.59 Å². The van der Waals surface area contributed by atoms with Gasteiger partial charge in [-0.1, -0.05) is 20.3 Å². The first kappa shape index (κ1) is 18.0. The summed E-state index contributed by atoms with van der Waals surface area (Å²) in [5, 5.41) is 2.97. The Bertz CT molecular complexity index is 355. The largest absolute Gasteiger partial charge is 0.356 e. The Labute approximate surface area is 128 Å². The molecular formula is C16H31N3O2. The summed E-state index contributed by atoms with van der Waals surface area (Å²) in [6.45, 7) is 8.02. The standard InChI is InChI=1S/C16H31N3O2/c1-4-7-14(20)18-11-13-8-6-10-19(12-13)15(21)16(3,17)9-5-2/h13H,4-12,17H2,1-3H3,(H,18,20). The summed E-state index contributed by atoms with van der Waals surface area (Å²) in [7, 11) is 0. The fraction of sp³-hybridized carbons (Fsp3) is 0.875. The van der Waals surface area contributed by atoms with Crippen LogP contribution >= 0.6 is 0 Å². The fourth-order valence-corrected chi connectivity index (χ4v) is 2.98. The molecule has 1 aliphatic heterocycles. The van der Waals surface area contributed by atoms with Crippen molar-refractivity contribution in [3.8, 4) is 0 Å². The number of rotatable bonds is 7. The quantitative estimate of drug-likeness (QED) is 0.750. The summed E-state index contributed by atoms with van der Waals surface area (Å²) in [6, 6.07) is 0.